The van der Waals surface area contributed by atoms with Crippen molar-refractivity contribution in [1.82, 2.24) is 24.9 Å². The highest BCUT2D eigenvalue weighted by molar-refractivity contribution is 5.98. The van der Waals surface area contributed by atoms with E-state index in [4.69, 9.17) is 4.42 Å². The Bertz CT molecular complexity index is 1340. The van der Waals surface area contributed by atoms with Crippen molar-refractivity contribution >= 4 is 23.0 Å². The second-order valence-electron chi connectivity index (χ2n) is 8.66. The van der Waals surface area contributed by atoms with Crippen LogP contribution in [0.1, 0.15) is 35.7 Å². The zero-order valence-corrected chi connectivity index (χ0v) is 18.8. The quantitative estimate of drug-likeness (QED) is 0.471. The third-order valence-corrected chi connectivity index (χ3v) is 6.25. The number of nitrogens with one attached hydrogen (secondary N) is 1. The number of hydrogen-bond donors (Lipinski definition) is 1. The fraction of sp³-hybridized carbons (Fsp3) is 0.333. The number of anilines is 1. The van der Waals surface area contributed by atoms with Gasteiger partial charge in [-0.05, 0) is 55.5 Å². The summed E-state index contributed by atoms with van der Waals surface area (Å²) in [6.07, 6.45) is 4.71. The Labute approximate surface area is 194 Å². The maximum absolute atomic E-state index is 15.1. The van der Waals surface area contributed by atoms with Crippen LogP contribution in [0.25, 0.3) is 16.8 Å². The van der Waals surface area contributed by atoms with Crippen LogP contribution in [0, 0.1) is 24.5 Å². The monoisotopic (exact) mass is 466 g/mol. The van der Waals surface area contributed by atoms with E-state index < -0.39 is 17.5 Å². The minimum Gasteiger partial charge on any atom is -0.423 e. The van der Waals surface area contributed by atoms with Crippen molar-refractivity contribution in [1.29, 1.82) is 0 Å². The molecule has 0 aliphatic carbocycles. The molecule has 0 unspecified atom stereocenters. The lowest BCUT2D eigenvalue weighted by Crippen LogP contribution is -2.51. The first-order valence-corrected chi connectivity index (χ1v) is 11.2. The summed E-state index contributed by atoms with van der Waals surface area (Å²) in [5.74, 6) is -1.27. The van der Waals surface area contributed by atoms with Gasteiger partial charge in [-0.3, -0.25) is 4.79 Å². The largest absolute Gasteiger partial charge is 0.423 e. The predicted molar refractivity (Wildman–Crippen MR) is 122 cm³/mol. The van der Waals surface area contributed by atoms with Crippen LogP contribution >= 0.6 is 0 Å². The normalized spacial score (nSPS) is 18.4. The molecule has 0 saturated carbocycles. The van der Waals surface area contributed by atoms with Crippen LogP contribution in [-0.4, -0.2) is 49.9 Å². The fourth-order valence-electron chi connectivity index (χ4n) is 4.56. The first-order chi connectivity index (χ1) is 16.4. The topological polar surface area (TPSA) is 89.1 Å². The number of fused-ring (bicyclic) bond motifs is 1. The molecule has 1 aliphatic rings. The summed E-state index contributed by atoms with van der Waals surface area (Å²) in [5, 5.41) is 11.3. The molecule has 2 atom stereocenters. The van der Waals surface area contributed by atoms with E-state index in [2.05, 4.69) is 27.4 Å². The molecule has 176 valence electrons. The summed E-state index contributed by atoms with van der Waals surface area (Å²) in [6, 6.07) is 7.20. The van der Waals surface area contributed by atoms with Gasteiger partial charge in [0.15, 0.2) is 5.58 Å². The van der Waals surface area contributed by atoms with Crippen molar-refractivity contribution in [3.8, 4) is 5.69 Å². The maximum atomic E-state index is 15.1. The molecule has 1 aliphatic heterocycles. The Hall–Kier alpha value is -3.82. The van der Waals surface area contributed by atoms with Crippen molar-refractivity contribution in [2.45, 2.75) is 32.7 Å². The van der Waals surface area contributed by atoms with Gasteiger partial charge in [0.1, 0.15) is 28.4 Å². The van der Waals surface area contributed by atoms with Crippen molar-refractivity contribution < 1.29 is 18.0 Å². The SMILES string of the molecule is Cc1cc(F)c(C(=O)N2CCC[C@@H](C)[C@H]2CNc2nc3ccc(F)cc3o2)c(-n2nccn2)c1. The molecule has 2 aromatic carbocycles. The molecule has 10 heteroatoms. The molecule has 3 heterocycles. The van der Waals surface area contributed by atoms with Crippen molar-refractivity contribution in [3.05, 3.63) is 65.5 Å². The highest BCUT2D eigenvalue weighted by atomic mass is 19.1. The van der Waals surface area contributed by atoms with Crippen LogP contribution in [0.5, 0.6) is 0 Å². The Morgan fingerprint density at radius 1 is 1.21 bits per heavy atom. The van der Waals surface area contributed by atoms with Gasteiger partial charge in [-0.1, -0.05) is 6.92 Å². The second kappa shape index (κ2) is 8.85. The van der Waals surface area contributed by atoms with Crippen molar-refractivity contribution in [2.24, 2.45) is 5.92 Å². The lowest BCUT2D eigenvalue weighted by molar-refractivity contribution is 0.0534. The molecular weight excluding hydrogens is 442 g/mol. The fourth-order valence-corrected chi connectivity index (χ4v) is 4.56. The van der Waals surface area contributed by atoms with Crippen molar-refractivity contribution in [2.75, 3.05) is 18.4 Å². The highest BCUT2D eigenvalue weighted by Gasteiger charge is 2.35. The van der Waals surface area contributed by atoms with E-state index >= 15 is 4.39 Å². The van der Waals surface area contributed by atoms with Gasteiger partial charge in [0.05, 0.1) is 18.4 Å². The molecule has 34 heavy (non-hydrogen) atoms. The van der Waals surface area contributed by atoms with Gasteiger partial charge in [-0.25, -0.2) is 8.78 Å². The van der Waals surface area contributed by atoms with E-state index in [0.29, 0.717) is 35.4 Å². The molecule has 1 N–H and O–H groups in total. The number of benzene rings is 2. The number of hydrogen-bond acceptors (Lipinski definition) is 6. The average molecular weight is 466 g/mol. The molecule has 0 bridgehead atoms. The van der Waals surface area contributed by atoms with Gasteiger partial charge >= 0.3 is 0 Å². The summed E-state index contributed by atoms with van der Waals surface area (Å²) in [5.41, 5.74) is 1.78. The lowest BCUT2D eigenvalue weighted by Gasteiger charge is -2.40. The standard InChI is InChI=1S/C24H24F2N6O2/c1-14-10-17(26)22(19(11-14)32-28-7-8-29-32)23(33)31-9-3-4-15(2)20(31)13-27-24-30-18-6-5-16(25)12-21(18)34-24/h5-8,10-12,15,20H,3-4,9,13H2,1-2H3,(H,27,30)/t15-,20-/m1/s1. The average Bonchev–Trinajstić information content (AvgIpc) is 3.47. The smallest absolute Gasteiger partial charge is 0.295 e. The highest BCUT2D eigenvalue weighted by Crippen LogP contribution is 2.29. The van der Waals surface area contributed by atoms with E-state index in [1.807, 2.05) is 0 Å². The van der Waals surface area contributed by atoms with Gasteiger partial charge in [-0.2, -0.15) is 20.0 Å². The number of nitrogens with zero attached hydrogens (tertiary/aromatic N) is 5. The lowest BCUT2D eigenvalue weighted by atomic mass is 9.90. The van der Waals surface area contributed by atoms with Crippen LogP contribution in [0.3, 0.4) is 0 Å². The Morgan fingerprint density at radius 3 is 2.79 bits per heavy atom. The first kappa shape index (κ1) is 22.0. The number of likely N-dealkylation sites (tertiary alicyclic amines) is 1. The van der Waals surface area contributed by atoms with Crippen molar-refractivity contribution in [3.63, 3.8) is 0 Å². The molecule has 0 radical (unpaired) electrons. The number of piperidine rings is 1. The zero-order chi connectivity index (χ0) is 23.8. The third kappa shape index (κ3) is 4.11. The minimum absolute atomic E-state index is 0.0572. The first-order valence-electron chi connectivity index (χ1n) is 11.2. The van der Waals surface area contributed by atoms with E-state index in [0.717, 1.165) is 12.8 Å². The molecule has 1 saturated heterocycles. The summed E-state index contributed by atoms with van der Waals surface area (Å²) in [4.78, 5) is 21.0. The van der Waals surface area contributed by atoms with E-state index in [1.165, 1.54) is 35.4 Å². The van der Waals surface area contributed by atoms with Crippen LogP contribution in [0.4, 0.5) is 14.8 Å². The van der Waals surface area contributed by atoms with E-state index in [1.54, 1.807) is 24.0 Å². The number of aromatic nitrogens is 4. The molecule has 1 amide bonds. The van der Waals surface area contributed by atoms with Gasteiger partial charge in [0.2, 0.25) is 0 Å². The summed E-state index contributed by atoms with van der Waals surface area (Å²) in [6.45, 7) is 4.67. The predicted octanol–water partition coefficient (Wildman–Crippen LogP) is 4.35. The maximum Gasteiger partial charge on any atom is 0.295 e. The van der Waals surface area contributed by atoms with Gasteiger partial charge in [0, 0.05) is 19.2 Å². The Balaban J connectivity index is 1.43. The molecule has 2 aromatic heterocycles. The number of halogens is 2. The number of amides is 1. The molecule has 8 nitrogen and oxygen atoms in total. The van der Waals surface area contributed by atoms with E-state index in [-0.39, 0.29) is 23.5 Å². The second-order valence-corrected chi connectivity index (χ2v) is 8.66. The molecule has 5 rings (SSSR count). The summed E-state index contributed by atoms with van der Waals surface area (Å²) < 4.78 is 34.2. The van der Waals surface area contributed by atoms with E-state index in [9.17, 15) is 9.18 Å². The summed E-state index contributed by atoms with van der Waals surface area (Å²) in [7, 11) is 0. The molecule has 4 aromatic rings. The zero-order valence-electron chi connectivity index (χ0n) is 18.8. The van der Waals surface area contributed by atoms with Gasteiger partial charge in [0.25, 0.3) is 11.9 Å². The number of carbonyl (C=O) groups excluding carboxylic acids is 1. The van der Waals surface area contributed by atoms with Crippen LogP contribution < -0.4 is 5.32 Å². The Morgan fingerprint density at radius 2 is 2.00 bits per heavy atom. The molecule has 0 spiro atoms. The van der Waals surface area contributed by atoms with Crippen LogP contribution in [-0.2, 0) is 0 Å². The number of oxazole rings is 1. The minimum atomic E-state index is -0.608. The van der Waals surface area contributed by atoms with Crippen LogP contribution in [0.2, 0.25) is 0 Å². The van der Waals surface area contributed by atoms with Gasteiger partial charge in [-0.15, -0.1) is 0 Å². The van der Waals surface area contributed by atoms with Gasteiger partial charge < -0.3 is 14.6 Å². The Kier molecular flexibility index (Phi) is 5.72. The third-order valence-electron chi connectivity index (χ3n) is 6.25. The number of aryl methyl sites for hydroxylation is 1. The molecular formula is C24H24F2N6O2. The number of carbonyl (C=O) groups is 1. The molecule has 1 fully saturated rings. The van der Waals surface area contributed by atoms with Crippen LogP contribution in [0.15, 0.2) is 47.1 Å². The number of rotatable bonds is 5. The summed E-state index contributed by atoms with van der Waals surface area (Å²) >= 11 is 0.